The molecule has 0 radical (unpaired) electrons. The number of furan rings is 1. The van der Waals surface area contributed by atoms with Crippen LogP contribution in [-0.4, -0.2) is 39.9 Å². The van der Waals surface area contributed by atoms with E-state index in [1.807, 2.05) is 19.1 Å². The summed E-state index contributed by atoms with van der Waals surface area (Å²) in [4.78, 5) is 34.1. The van der Waals surface area contributed by atoms with Gasteiger partial charge in [-0.3, -0.25) is 19.6 Å². The van der Waals surface area contributed by atoms with Crippen LogP contribution < -0.4 is 15.9 Å². The summed E-state index contributed by atoms with van der Waals surface area (Å²) < 4.78 is 11.7. The average Bonchev–Trinajstić information content (AvgIpc) is 3.40. The fourth-order valence-corrected chi connectivity index (χ4v) is 4.51. The molecule has 0 bridgehead atoms. The van der Waals surface area contributed by atoms with E-state index in [0.29, 0.717) is 17.2 Å². The van der Waals surface area contributed by atoms with Gasteiger partial charge in [-0.25, -0.2) is 10.8 Å². The second-order valence-corrected chi connectivity index (χ2v) is 8.75. The van der Waals surface area contributed by atoms with Crippen molar-refractivity contribution in [3.63, 3.8) is 0 Å². The highest BCUT2D eigenvalue weighted by atomic mass is 16.5. The minimum atomic E-state index is -0.738. The van der Waals surface area contributed by atoms with Gasteiger partial charge in [-0.1, -0.05) is 19.3 Å². The lowest BCUT2D eigenvalue weighted by atomic mass is 9.83. The molecule has 1 aliphatic carbocycles. The molecule has 0 aromatic carbocycles. The number of ether oxygens (including phenoxy) is 1. The van der Waals surface area contributed by atoms with Crippen LogP contribution in [0.1, 0.15) is 61.3 Å². The van der Waals surface area contributed by atoms with Crippen molar-refractivity contribution in [2.45, 2.75) is 51.2 Å². The Morgan fingerprint density at radius 2 is 1.86 bits per heavy atom. The molecule has 1 saturated carbocycles. The number of hydrogen-bond acceptors (Lipinski definition) is 7. The smallest absolute Gasteiger partial charge is 0.304 e. The molecule has 2 atom stereocenters. The highest BCUT2D eigenvalue weighted by molar-refractivity contribution is 5.95. The molecule has 3 N–H and O–H groups in total. The van der Waals surface area contributed by atoms with Crippen LogP contribution in [0.25, 0.3) is 11.5 Å². The lowest BCUT2D eigenvalue weighted by molar-refractivity contribution is -0.127. The van der Waals surface area contributed by atoms with Crippen molar-refractivity contribution in [3.05, 3.63) is 66.3 Å². The van der Waals surface area contributed by atoms with Gasteiger partial charge < -0.3 is 14.5 Å². The van der Waals surface area contributed by atoms with Gasteiger partial charge in [-0.15, -0.1) is 0 Å². The van der Waals surface area contributed by atoms with E-state index < -0.39 is 11.9 Å². The average molecular weight is 478 g/mol. The molecular weight excluding hydrogens is 446 g/mol. The minimum absolute atomic E-state index is 0.0239. The monoisotopic (exact) mass is 477 g/mol. The fraction of sp³-hybridized carbons (Fsp3) is 0.385. The molecule has 0 spiro atoms. The first-order valence-electron chi connectivity index (χ1n) is 11.9. The maximum Gasteiger partial charge on any atom is 0.304 e. The second kappa shape index (κ2) is 11.1. The van der Waals surface area contributed by atoms with Crippen LogP contribution in [0.5, 0.6) is 5.75 Å². The van der Waals surface area contributed by atoms with Crippen LogP contribution in [0.4, 0.5) is 0 Å². The highest BCUT2D eigenvalue weighted by Crippen LogP contribution is 2.30. The number of nitrogens with one attached hydrogen (secondary N) is 1. The predicted molar refractivity (Wildman–Crippen MR) is 130 cm³/mol. The lowest BCUT2D eigenvalue weighted by Gasteiger charge is -2.34. The lowest BCUT2D eigenvalue weighted by Crippen LogP contribution is -2.56. The van der Waals surface area contributed by atoms with Crippen LogP contribution in [0.15, 0.2) is 59.4 Å². The van der Waals surface area contributed by atoms with E-state index in [4.69, 9.17) is 15.0 Å². The molecule has 184 valence electrons. The van der Waals surface area contributed by atoms with Crippen LogP contribution in [-0.2, 0) is 4.79 Å². The maximum absolute atomic E-state index is 13.1. The normalized spacial score (nSPS) is 15.7. The molecule has 35 heavy (non-hydrogen) atoms. The summed E-state index contributed by atoms with van der Waals surface area (Å²) in [6.07, 6.45) is 9.80. The van der Waals surface area contributed by atoms with E-state index in [9.17, 15) is 9.59 Å². The molecule has 9 nitrogen and oxygen atoms in total. The highest BCUT2D eigenvalue weighted by Gasteiger charge is 2.36. The Morgan fingerprint density at radius 1 is 1.11 bits per heavy atom. The van der Waals surface area contributed by atoms with E-state index in [0.717, 1.165) is 42.7 Å². The number of nitrogens with zero attached hydrogens (tertiary/aromatic N) is 3. The molecule has 4 rings (SSSR count). The Morgan fingerprint density at radius 3 is 2.51 bits per heavy atom. The number of hydrogen-bond donors (Lipinski definition) is 2. The standard InChI is InChI=1S/C26H31N5O4/c1-17(18-12-14-29-15-13-18)34-20-8-9-21(30-16-20)22-10-11-23(35-22)26(33)31(27)24(25(32)28-2)19-6-4-3-5-7-19/h8-17,19,24H,3-7,27H2,1-2H3,(H,28,32)/t17-,24+/m1/s1. The molecule has 3 aromatic heterocycles. The molecule has 1 fully saturated rings. The van der Waals surface area contributed by atoms with Gasteiger partial charge in [0.2, 0.25) is 5.91 Å². The van der Waals surface area contributed by atoms with Crippen molar-refractivity contribution in [2.24, 2.45) is 11.8 Å². The molecule has 9 heteroatoms. The first-order chi connectivity index (χ1) is 17.0. The number of amides is 2. The molecule has 3 aromatic rings. The maximum atomic E-state index is 13.1. The van der Waals surface area contributed by atoms with Gasteiger partial charge in [-0.05, 0) is 67.6 Å². The van der Waals surface area contributed by atoms with E-state index in [-0.39, 0.29) is 23.7 Å². The third-order valence-corrected chi connectivity index (χ3v) is 6.44. The van der Waals surface area contributed by atoms with Crippen molar-refractivity contribution in [1.82, 2.24) is 20.3 Å². The SMILES string of the molecule is CNC(=O)[C@H](C1CCCCC1)N(N)C(=O)c1ccc(-c2ccc(O[C@H](C)c3ccncc3)cn2)o1. The predicted octanol–water partition coefficient (Wildman–Crippen LogP) is 3.89. The number of aromatic nitrogens is 2. The number of likely N-dealkylation sites (N-methyl/N-ethyl adjacent to an activating group) is 1. The number of hydrazine groups is 1. The Hall–Kier alpha value is -3.72. The summed E-state index contributed by atoms with van der Waals surface area (Å²) in [5, 5.41) is 3.66. The van der Waals surface area contributed by atoms with E-state index >= 15 is 0 Å². The van der Waals surface area contributed by atoms with Crippen LogP contribution in [0, 0.1) is 5.92 Å². The molecule has 3 heterocycles. The topological polar surface area (TPSA) is 124 Å². The van der Waals surface area contributed by atoms with Gasteiger partial charge in [0.05, 0.1) is 6.20 Å². The van der Waals surface area contributed by atoms with Crippen molar-refractivity contribution in [2.75, 3.05) is 7.05 Å². The molecular formula is C26H31N5O4. The van der Waals surface area contributed by atoms with Gasteiger partial charge in [0.25, 0.3) is 0 Å². The quantitative estimate of drug-likeness (QED) is 0.287. The number of carbonyl (C=O) groups is 2. The molecule has 0 saturated heterocycles. The van der Waals surface area contributed by atoms with Crippen LogP contribution >= 0.6 is 0 Å². The number of nitrogens with two attached hydrogens (primary N) is 1. The summed E-state index contributed by atoms with van der Waals surface area (Å²) >= 11 is 0. The molecule has 1 aliphatic rings. The zero-order valence-corrected chi connectivity index (χ0v) is 20.0. The van der Waals surface area contributed by atoms with Crippen LogP contribution in [0.2, 0.25) is 0 Å². The van der Waals surface area contributed by atoms with Crippen molar-refractivity contribution in [3.8, 4) is 17.2 Å². The summed E-state index contributed by atoms with van der Waals surface area (Å²) in [6, 6.07) is 9.84. The zero-order chi connectivity index (χ0) is 24.8. The van der Waals surface area contributed by atoms with Crippen LogP contribution in [0.3, 0.4) is 0 Å². The Kier molecular flexibility index (Phi) is 7.77. The Balaban J connectivity index is 1.45. The summed E-state index contributed by atoms with van der Waals surface area (Å²) in [5.41, 5.74) is 1.56. The van der Waals surface area contributed by atoms with Crippen molar-refractivity contribution in [1.29, 1.82) is 0 Å². The zero-order valence-electron chi connectivity index (χ0n) is 20.0. The van der Waals surface area contributed by atoms with Crippen molar-refractivity contribution < 1.29 is 18.7 Å². The molecule has 0 unspecified atom stereocenters. The number of rotatable bonds is 8. The van der Waals surface area contributed by atoms with Gasteiger partial charge in [0.1, 0.15) is 23.6 Å². The fourth-order valence-electron chi connectivity index (χ4n) is 4.51. The molecule has 0 aliphatic heterocycles. The minimum Gasteiger partial charge on any atom is -0.484 e. The third-order valence-electron chi connectivity index (χ3n) is 6.44. The Bertz CT molecular complexity index is 1130. The van der Waals surface area contributed by atoms with Gasteiger partial charge in [-0.2, -0.15) is 0 Å². The summed E-state index contributed by atoms with van der Waals surface area (Å²) in [5.74, 6) is 6.49. The first kappa shape index (κ1) is 24.4. The first-order valence-corrected chi connectivity index (χ1v) is 11.9. The largest absolute Gasteiger partial charge is 0.484 e. The number of pyridine rings is 2. The van der Waals surface area contributed by atoms with Gasteiger partial charge >= 0.3 is 5.91 Å². The Labute approximate surface area is 204 Å². The van der Waals surface area contributed by atoms with Gasteiger partial charge in [0.15, 0.2) is 11.5 Å². The third kappa shape index (κ3) is 5.68. The number of carbonyl (C=O) groups excluding carboxylic acids is 2. The molecule has 2 amide bonds. The summed E-state index contributed by atoms with van der Waals surface area (Å²) in [6.45, 7) is 1.95. The summed E-state index contributed by atoms with van der Waals surface area (Å²) in [7, 11) is 1.55. The van der Waals surface area contributed by atoms with Gasteiger partial charge in [0, 0.05) is 19.4 Å². The van der Waals surface area contributed by atoms with E-state index in [2.05, 4.69) is 15.3 Å². The van der Waals surface area contributed by atoms with E-state index in [1.165, 1.54) is 0 Å². The van der Waals surface area contributed by atoms with E-state index in [1.54, 1.807) is 49.9 Å². The second-order valence-electron chi connectivity index (χ2n) is 8.75. The van der Waals surface area contributed by atoms with Crippen molar-refractivity contribution >= 4 is 11.8 Å².